The molecule has 0 radical (unpaired) electrons. The van der Waals surface area contributed by atoms with Crippen LogP contribution in [0.25, 0.3) is 0 Å². The number of anilines is 1. The maximum absolute atomic E-state index is 14.2. The van der Waals surface area contributed by atoms with Crippen molar-refractivity contribution in [1.29, 1.82) is 0 Å². The Kier molecular flexibility index (Phi) is 4.23. The minimum Gasteiger partial charge on any atom is -0.368 e. The number of aryl methyl sites for hydroxylation is 1. The molecular weight excluding hydrogens is 227 g/mol. The number of nitrogens with zero attached hydrogens (tertiary/aromatic N) is 1. The van der Waals surface area contributed by atoms with E-state index in [0.717, 1.165) is 37.3 Å². The van der Waals surface area contributed by atoms with Gasteiger partial charge in [0.15, 0.2) is 0 Å². The number of nitrogens with one attached hydrogen (secondary N) is 1. The van der Waals surface area contributed by atoms with Crippen LogP contribution in [-0.4, -0.2) is 25.7 Å². The Bertz CT molecular complexity index is 403. The Hall–Kier alpha value is -1.09. The van der Waals surface area contributed by atoms with Crippen molar-refractivity contribution in [1.82, 2.24) is 5.32 Å². The predicted octanol–water partition coefficient (Wildman–Crippen LogP) is 2.96. The summed E-state index contributed by atoms with van der Waals surface area (Å²) in [7, 11) is 0. The van der Waals surface area contributed by atoms with Crippen molar-refractivity contribution in [2.75, 3.05) is 24.5 Å². The average molecular weight is 250 g/mol. The Balaban J connectivity index is 2.22. The minimum absolute atomic E-state index is 0.0677. The molecule has 1 aromatic carbocycles. The molecule has 1 atom stereocenters. The molecule has 1 heterocycles. The van der Waals surface area contributed by atoms with E-state index in [4.69, 9.17) is 0 Å². The summed E-state index contributed by atoms with van der Waals surface area (Å²) < 4.78 is 14.2. The first-order valence-corrected chi connectivity index (χ1v) is 6.83. The number of hydrogen-bond acceptors (Lipinski definition) is 2. The van der Waals surface area contributed by atoms with Gasteiger partial charge in [0, 0.05) is 19.1 Å². The van der Waals surface area contributed by atoms with Crippen molar-refractivity contribution >= 4 is 5.69 Å². The van der Waals surface area contributed by atoms with Crippen LogP contribution >= 0.6 is 0 Å². The predicted molar refractivity (Wildman–Crippen MR) is 74.6 cm³/mol. The van der Waals surface area contributed by atoms with Gasteiger partial charge in [-0.2, -0.15) is 0 Å². The zero-order chi connectivity index (χ0) is 13.1. The van der Waals surface area contributed by atoms with Gasteiger partial charge in [-0.25, -0.2) is 4.39 Å². The van der Waals surface area contributed by atoms with Gasteiger partial charge in [-0.15, -0.1) is 0 Å². The zero-order valence-electron chi connectivity index (χ0n) is 11.5. The molecule has 0 amide bonds. The molecule has 1 saturated heterocycles. The van der Waals surface area contributed by atoms with Crippen LogP contribution in [0.2, 0.25) is 0 Å². The van der Waals surface area contributed by atoms with E-state index in [9.17, 15) is 4.39 Å². The lowest BCUT2D eigenvalue weighted by Gasteiger charge is -2.29. The fourth-order valence-corrected chi connectivity index (χ4v) is 2.49. The van der Waals surface area contributed by atoms with Gasteiger partial charge in [-0.3, -0.25) is 0 Å². The van der Waals surface area contributed by atoms with Gasteiger partial charge in [0.05, 0.1) is 5.69 Å². The van der Waals surface area contributed by atoms with Crippen molar-refractivity contribution in [2.24, 2.45) is 5.92 Å². The fraction of sp³-hybridized carbons (Fsp3) is 0.600. The monoisotopic (exact) mass is 250 g/mol. The Morgan fingerprint density at radius 3 is 2.89 bits per heavy atom. The summed E-state index contributed by atoms with van der Waals surface area (Å²) in [5, 5.41) is 3.55. The van der Waals surface area contributed by atoms with Crippen molar-refractivity contribution in [3.63, 3.8) is 0 Å². The summed E-state index contributed by atoms with van der Waals surface area (Å²) in [6.45, 7) is 9.10. The van der Waals surface area contributed by atoms with E-state index >= 15 is 0 Å². The molecule has 0 aromatic heterocycles. The summed E-state index contributed by atoms with van der Waals surface area (Å²) in [5.41, 5.74) is 1.48. The van der Waals surface area contributed by atoms with Gasteiger partial charge in [0.1, 0.15) is 5.82 Å². The first-order chi connectivity index (χ1) is 8.59. The van der Waals surface area contributed by atoms with Crippen molar-refractivity contribution in [2.45, 2.75) is 33.2 Å². The third kappa shape index (κ3) is 2.83. The molecule has 1 fully saturated rings. The van der Waals surface area contributed by atoms with Crippen LogP contribution in [0.1, 0.15) is 25.8 Å². The van der Waals surface area contributed by atoms with Crippen LogP contribution < -0.4 is 10.2 Å². The second kappa shape index (κ2) is 5.70. The van der Waals surface area contributed by atoms with Crippen LogP contribution in [0, 0.1) is 18.7 Å². The van der Waals surface area contributed by atoms with E-state index in [2.05, 4.69) is 24.1 Å². The van der Waals surface area contributed by atoms with Crippen LogP contribution in [-0.2, 0) is 0 Å². The van der Waals surface area contributed by atoms with Crippen LogP contribution in [0.3, 0.4) is 0 Å². The summed E-state index contributed by atoms with van der Waals surface area (Å²) in [6.07, 6.45) is 1.07. The molecule has 1 aliphatic heterocycles. The van der Waals surface area contributed by atoms with E-state index in [0.29, 0.717) is 12.0 Å². The smallest absolute Gasteiger partial charge is 0.149 e. The molecule has 1 unspecified atom stereocenters. The largest absolute Gasteiger partial charge is 0.368 e. The third-order valence-electron chi connectivity index (χ3n) is 3.75. The highest BCUT2D eigenvalue weighted by Gasteiger charge is 2.22. The first kappa shape index (κ1) is 13.3. The van der Waals surface area contributed by atoms with Gasteiger partial charge in [-0.1, -0.05) is 26.0 Å². The molecule has 1 aliphatic rings. The molecule has 100 valence electrons. The molecule has 0 spiro atoms. The number of rotatable bonds is 2. The van der Waals surface area contributed by atoms with Gasteiger partial charge in [-0.05, 0) is 37.4 Å². The van der Waals surface area contributed by atoms with Crippen LogP contribution in [0.4, 0.5) is 10.1 Å². The highest BCUT2D eigenvalue weighted by Crippen LogP contribution is 2.24. The van der Waals surface area contributed by atoms with Crippen molar-refractivity contribution in [3.8, 4) is 0 Å². The van der Waals surface area contributed by atoms with E-state index < -0.39 is 0 Å². The highest BCUT2D eigenvalue weighted by atomic mass is 19.1. The average Bonchev–Trinajstić information content (AvgIpc) is 2.58. The molecule has 0 saturated carbocycles. The number of benzene rings is 1. The van der Waals surface area contributed by atoms with Crippen LogP contribution in [0.5, 0.6) is 0 Å². The lowest BCUT2D eigenvalue weighted by Crippen LogP contribution is -2.41. The van der Waals surface area contributed by atoms with E-state index in [1.165, 1.54) is 0 Å². The molecule has 3 heteroatoms. The molecule has 18 heavy (non-hydrogen) atoms. The van der Waals surface area contributed by atoms with Crippen molar-refractivity contribution < 1.29 is 4.39 Å². The quantitative estimate of drug-likeness (QED) is 0.868. The standard InChI is InChI=1S/C15H23FN2/c1-11(2)13-10-18(9-5-8-17-13)14-7-4-6-12(3)15(14)16/h4,6-7,11,13,17H,5,8-10H2,1-3H3. The number of halogens is 1. The lowest BCUT2D eigenvalue weighted by atomic mass is 10.0. The summed E-state index contributed by atoms with van der Waals surface area (Å²) in [5.74, 6) is 0.500. The summed E-state index contributed by atoms with van der Waals surface area (Å²) in [4.78, 5) is 2.19. The molecule has 1 aromatic rings. The van der Waals surface area contributed by atoms with Gasteiger partial charge in [0.25, 0.3) is 0 Å². The number of hydrogen-bond donors (Lipinski definition) is 1. The van der Waals surface area contributed by atoms with Gasteiger partial charge in [0.2, 0.25) is 0 Å². The Morgan fingerprint density at radius 2 is 2.17 bits per heavy atom. The Morgan fingerprint density at radius 1 is 1.39 bits per heavy atom. The second-order valence-corrected chi connectivity index (χ2v) is 5.51. The normalized spacial score (nSPS) is 21.2. The summed E-state index contributed by atoms with van der Waals surface area (Å²) >= 11 is 0. The van der Waals surface area contributed by atoms with Gasteiger partial charge >= 0.3 is 0 Å². The molecule has 2 nitrogen and oxygen atoms in total. The van der Waals surface area contributed by atoms with Gasteiger partial charge < -0.3 is 10.2 Å². The SMILES string of the molecule is Cc1cccc(N2CCCNC(C(C)C)C2)c1F. The Labute approximate surface area is 109 Å². The van der Waals surface area contributed by atoms with Crippen molar-refractivity contribution in [3.05, 3.63) is 29.6 Å². The molecule has 0 bridgehead atoms. The van der Waals surface area contributed by atoms with E-state index in [-0.39, 0.29) is 5.82 Å². The zero-order valence-corrected chi connectivity index (χ0v) is 11.5. The third-order valence-corrected chi connectivity index (χ3v) is 3.75. The van der Waals surface area contributed by atoms with Crippen LogP contribution in [0.15, 0.2) is 18.2 Å². The topological polar surface area (TPSA) is 15.3 Å². The molecular formula is C15H23FN2. The van der Waals surface area contributed by atoms with E-state index in [1.54, 1.807) is 0 Å². The van der Waals surface area contributed by atoms with E-state index in [1.807, 2.05) is 25.1 Å². The lowest BCUT2D eigenvalue weighted by molar-refractivity contribution is 0.419. The second-order valence-electron chi connectivity index (χ2n) is 5.51. The minimum atomic E-state index is -0.0677. The summed E-state index contributed by atoms with van der Waals surface area (Å²) in [6, 6.07) is 6.10. The fourth-order valence-electron chi connectivity index (χ4n) is 2.49. The highest BCUT2D eigenvalue weighted by molar-refractivity contribution is 5.50. The molecule has 0 aliphatic carbocycles. The molecule has 2 rings (SSSR count). The first-order valence-electron chi connectivity index (χ1n) is 6.83. The molecule has 1 N–H and O–H groups in total. The maximum atomic E-state index is 14.2. The maximum Gasteiger partial charge on any atom is 0.149 e.